The molecule has 1 fully saturated rings. The maximum absolute atomic E-state index is 13.7. The lowest BCUT2D eigenvalue weighted by atomic mass is 10.1. The van der Waals surface area contributed by atoms with E-state index in [9.17, 15) is 9.59 Å². The van der Waals surface area contributed by atoms with E-state index in [0.29, 0.717) is 50.8 Å². The van der Waals surface area contributed by atoms with E-state index in [2.05, 4.69) is 17.1 Å². The maximum Gasteiger partial charge on any atom is 0.322 e. The third kappa shape index (κ3) is 8.19. The van der Waals surface area contributed by atoms with Crippen molar-refractivity contribution in [1.82, 2.24) is 14.7 Å². The van der Waals surface area contributed by atoms with Crippen molar-refractivity contribution in [3.8, 4) is 0 Å². The van der Waals surface area contributed by atoms with Crippen molar-refractivity contribution >= 4 is 17.6 Å². The summed E-state index contributed by atoms with van der Waals surface area (Å²) in [5.41, 5.74) is 2.93. The summed E-state index contributed by atoms with van der Waals surface area (Å²) in [7, 11) is 0. The van der Waals surface area contributed by atoms with Crippen molar-refractivity contribution in [2.45, 2.75) is 33.4 Å². The van der Waals surface area contributed by atoms with Gasteiger partial charge >= 0.3 is 6.03 Å². The Kier molecular flexibility index (Phi) is 9.95. The molecule has 0 aliphatic carbocycles. The number of urea groups is 1. The Morgan fingerprint density at radius 2 is 1.63 bits per heavy atom. The molecule has 4 rings (SSSR count). The van der Waals surface area contributed by atoms with Crippen LogP contribution in [0.2, 0.25) is 0 Å². The summed E-state index contributed by atoms with van der Waals surface area (Å²) in [6, 6.07) is 21.2. The Balaban J connectivity index is 1.48. The fourth-order valence-corrected chi connectivity index (χ4v) is 4.42. The van der Waals surface area contributed by atoms with Gasteiger partial charge in [-0.05, 0) is 48.7 Å². The normalized spacial score (nSPS) is 13.7. The minimum absolute atomic E-state index is 0.0320. The van der Waals surface area contributed by atoms with Crippen molar-refractivity contribution in [2.24, 2.45) is 0 Å². The number of carbonyl (C=O) groups excluding carboxylic acids is 2. The summed E-state index contributed by atoms with van der Waals surface area (Å²) in [6.45, 7) is 8.82. The monoisotopic (exact) mass is 518 g/mol. The second-order valence-electron chi connectivity index (χ2n) is 9.60. The van der Waals surface area contributed by atoms with Crippen LogP contribution in [0.1, 0.15) is 29.6 Å². The second-order valence-corrected chi connectivity index (χ2v) is 9.60. The number of ether oxygens (including phenoxy) is 1. The number of aryl methyl sites for hydroxylation is 2. The van der Waals surface area contributed by atoms with E-state index in [4.69, 9.17) is 9.15 Å². The highest BCUT2D eigenvalue weighted by molar-refractivity contribution is 5.92. The zero-order chi connectivity index (χ0) is 26.7. The Hall–Kier alpha value is -3.62. The molecule has 2 aromatic carbocycles. The largest absolute Gasteiger partial charge is 0.464 e. The molecule has 0 radical (unpaired) electrons. The molecule has 3 aromatic rings. The Morgan fingerprint density at radius 1 is 0.895 bits per heavy atom. The molecule has 1 saturated heterocycles. The summed E-state index contributed by atoms with van der Waals surface area (Å²) in [5, 5.41) is 2.98. The van der Waals surface area contributed by atoms with E-state index in [-0.39, 0.29) is 18.5 Å². The molecule has 8 nitrogen and oxygen atoms in total. The molecule has 2 heterocycles. The van der Waals surface area contributed by atoms with Crippen LogP contribution >= 0.6 is 0 Å². The average Bonchev–Trinajstić information content (AvgIpc) is 3.36. The van der Waals surface area contributed by atoms with Gasteiger partial charge in [-0.15, -0.1) is 0 Å². The average molecular weight is 519 g/mol. The van der Waals surface area contributed by atoms with Crippen LogP contribution in [0.4, 0.5) is 10.5 Å². The summed E-state index contributed by atoms with van der Waals surface area (Å²) in [5.74, 6) is 1.38. The van der Waals surface area contributed by atoms with Crippen LogP contribution in [0.5, 0.6) is 0 Å². The molecule has 1 aromatic heterocycles. The molecule has 3 amide bonds. The van der Waals surface area contributed by atoms with E-state index < -0.39 is 0 Å². The number of nitrogens with zero attached hydrogens (tertiary/aromatic N) is 3. The highest BCUT2D eigenvalue weighted by Crippen LogP contribution is 2.15. The molecule has 38 heavy (non-hydrogen) atoms. The van der Waals surface area contributed by atoms with Gasteiger partial charge in [-0.25, -0.2) is 4.79 Å². The molecule has 0 atom stereocenters. The Labute approximate surface area is 225 Å². The molecule has 0 bridgehead atoms. The van der Waals surface area contributed by atoms with E-state index in [1.165, 1.54) is 5.56 Å². The lowest BCUT2D eigenvalue weighted by Gasteiger charge is -2.31. The quantitative estimate of drug-likeness (QED) is 0.403. The predicted octanol–water partition coefficient (Wildman–Crippen LogP) is 4.55. The maximum atomic E-state index is 13.7. The molecule has 1 aliphatic heterocycles. The van der Waals surface area contributed by atoms with Gasteiger partial charge in [0, 0.05) is 38.4 Å². The highest BCUT2D eigenvalue weighted by Gasteiger charge is 2.24. The minimum atomic E-state index is -0.288. The number of amides is 3. The zero-order valence-corrected chi connectivity index (χ0v) is 22.4. The van der Waals surface area contributed by atoms with Gasteiger partial charge in [-0.3, -0.25) is 9.69 Å². The van der Waals surface area contributed by atoms with Gasteiger partial charge < -0.3 is 24.3 Å². The number of hydrogen-bond acceptors (Lipinski definition) is 5. The van der Waals surface area contributed by atoms with Gasteiger partial charge in [0.25, 0.3) is 0 Å². The van der Waals surface area contributed by atoms with Crippen LogP contribution in [0.15, 0.2) is 71.1 Å². The summed E-state index contributed by atoms with van der Waals surface area (Å²) in [6.07, 6.45) is 0.931. The fraction of sp³-hybridized carbons (Fsp3) is 0.400. The number of carbonyl (C=O) groups is 2. The molecule has 0 saturated carbocycles. The molecule has 0 unspecified atom stereocenters. The predicted molar refractivity (Wildman–Crippen MR) is 148 cm³/mol. The number of benzene rings is 2. The number of nitrogens with one attached hydrogen (secondary N) is 1. The summed E-state index contributed by atoms with van der Waals surface area (Å²) in [4.78, 5) is 32.7. The summed E-state index contributed by atoms with van der Waals surface area (Å²) < 4.78 is 11.2. The number of morpholine rings is 1. The fourth-order valence-electron chi connectivity index (χ4n) is 4.42. The first kappa shape index (κ1) is 27.4. The molecule has 1 N–H and O–H groups in total. The SMILES string of the molecule is CCc1ccc(NC(=O)N(CCN2CCOCC2)CC(=O)N(Cc2ccccc2)Cc2ccc(C)o2)cc1. The van der Waals surface area contributed by atoms with Crippen molar-refractivity contribution in [3.05, 3.63) is 89.4 Å². The number of rotatable bonds is 11. The lowest BCUT2D eigenvalue weighted by Crippen LogP contribution is -2.48. The standard InChI is InChI=1S/C30H38N4O4/c1-3-25-10-12-27(13-11-25)31-30(36)33(16-15-32-17-19-37-20-18-32)23-29(35)34(21-26-7-5-4-6-8-26)22-28-14-9-24(2)38-28/h4-14H,3,15-23H2,1-2H3,(H,31,36). The smallest absolute Gasteiger partial charge is 0.322 e. The van der Waals surface area contributed by atoms with E-state index in [1.807, 2.05) is 73.7 Å². The first-order valence-corrected chi connectivity index (χ1v) is 13.3. The molecular formula is C30H38N4O4. The first-order valence-electron chi connectivity index (χ1n) is 13.3. The van der Waals surface area contributed by atoms with Crippen LogP contribution in [-0.4, -0.2) is 72.6 Å². The minimum Gasteiger partial charge on any atom is -0.464 e. The van der Waals surface area contributed by atoms with Gasteiger partial charge in [-0.1, -0.05) is 49.4 Å². The number of furan rings is 1. The molecule has 202 valence electrons. The molecular weight excluding hydrogens is 480 g/mol. The summed E-state index contributed by atoms with van der Waals surface area (Å²) >= 11 is 0. The second kappa shape index (κ2) is 13.8. The number of anilines is 1. The van der Waals surface area contributed by atoms with Crippen LogP contribution in [0.25, 0.3) is 0 Å². The van der Waals surface area contributed by atoms with Gasteiger partial charge in [0.1, 0.15) is 18.1 Å². The van der Waals surface area contributed by atoms with Crippen LogP contribution in [0, 0.1) is 6.92 Å². The number of hydrogen-bond donors (Lipinski definition) is 1. The molecule has 1 aliphatic rings. The highest BCUT2D eigenvalue weighted by atomic mass is 16.5. The van der Waals surface area contributed by atoms with Gasteiger partial charge in [0.15, 0.2) is 0 Å². The zero-order valence-electron chi connectivity index (χ0n) is 22.4. The van der Waals surface area contributed by atoms with Crippen LogP contribution in [0.3, 0.4) is 0 Å². The third-order valence-corrected chi connectivity index (χ3v) is 6.73. The van der Waals surface area contributed by atoms with Crippen molar-refractivity contribution in [3.63, 3.8) is 0 Å². The van der Waals surface area contributed by atoms with Crippen LogP contribution in [-0.2, 0) is 29.0 Å². The van der Waals surface area contributed by atoms with Crippen molar-refractivity contribution in [2.75, 3.05) is 51.3 Å². The third-order valence-electron chi connectivity index (χ3n) is 6.73. The van der Waals surface area contributed by atoms with Crippen molar-refractivity contribution in [1.29, 1.82) is 0 Å². The molecule has 0 spiro atoms. The molecule has 8 heteroatoms. The Morgan fingerprint density at radius 3 is 2.29 bits per heavy atom. The van der Waals surface area contributed by atoms with Gasteiger partial charge in [0.05, 0.1) is 19.8 Å². The van der Waals surface area contributed by atoms with E-state index in [1.54, 1.807) is 9.80 Å². The van der Waals surface area contributed by atoms with Gasteiger partial charge in [-0.2, -0.15) is 0 Å². The van der Waals surface area contributed by atoms with Gasteiger partial charge in [0.2, 0.25) is 5.91 Å². The lowest BCUT2D eigenvalue weighted by molar-refractivity contribution is -0.133. The van der Waals surface area contributed by atoms with E-state index >= 15 is 0 Å². The topological polar surface area (TPSA) is 78.3 Å². The van der Waals surface area contributed by atoms with Crippen LogP contribution < -0.4 is 5.32 Å². The van der Waals surface area contributed by atoms with Crippen molar-refractivity contribution < 1.29 is 18.7 Å². The van der Waals surface area contributed by atoms with E-state index in [0.717, 1.165) is 30.8 Å². The Bertz CT molecular complexity index is 1160. The first-order chi connectivity index (χ1) is 18.5.